The minimum Gasteiger partial charge on any atom is -0.342 e. The van der Waals surface area contributed by atoms with Crippen LogP contribution in [0.4, 0.5) is 4.79 Å². The number of fused-ring (bicyclic) bond motifs is 1. The fourth-order valence-corrected chi connectivity index (χ4v) is 2.99. The summed E-state index contributed by atoms with van der Waals surface area (Å²) in [5.41, 5.74) is 2.72. The lowest BCUT2D eigenvalue weighted by atomic mass is 10.0. The summed E-state index contributed by atoms with van der Waals surface area (Å²) >= 11 is 7.14. The first-order chi connectivity index (χ1) is 7.75. The molecule has 1 aliphatic rings. The van der Waals surface area contributed by atoms with Gasteiger partial charge in [-0.2, -0.15) is 0 Å². The molecule has 0 bridgehead atoms. The first-order valence-corrected chi connectivity index (χ1v) is 6.80. The average Bonchev–Trinajstić information content (AvgIpc) is 2.28. The van der Waals surface area contributed by atoms with Gasteiger partial charge >= 0.3 is 5.37 Å². The summed E-state index contributed by atoms with van der Waals surface area (Å²) < 4.78 is 0. The summed E-state index contributed by atoms with van der Waals surface area (Å²) in [5.74, 6) is 1.23. The highest BCUT2D eigenvalue weighted by Crippen LogP contribution is 2.30. The number of aryl methyl sites for hydroxylation is 1. The zero-order valence-electron chi connectivity index (χ0n) is 8.96. The molecule has 1 aromatic carbocycles. The molecule has 0 aromatic heterocycles. The van der Waals surface area contributed by atoms with Crippen LogP contribution in [0.5, 0.6) is 0 Å². The normalized spacial score (nSPS) is 14.3. The lowest BCUT2D eigenvalue weighted by Crippen LogP contribution is -2.19. The highest BCUT2D eigenvalue weighted by atomic mass is 35.5. The smallest absolute Gasteiger partial charge is 0.313 e. The van der Waals surface area contributed by atoms with E-state index in [1.54, 1.807) is 0 Å². The molecule has 0 unspecified atom stereocenters. The maximum atomic E-state index is 10.5. The van der Waals surface area contributed by atoms with Crippen molar-refractivity contribution in [1.29, 1.82) is 0 Å². The number of benzene rings is 1. The van der Waals surface area contributed by atoms with Gasteiger partial charge in [0.2, 0.25) is 0 Å². The minimum atomic E-state index is -0.478. The molecule has 2 nitrogen and oxygen atoms in total. The summed E-state index contributed by atoms with van der Waals surface area (Å²) in [5, 5.41) is 2.12. The zero-order valence-corrected chi connectivity index (χ0v) is 10.5. The van der Waals surface area contributed by atoms with Crippen LogP contribution in [0.15, 0.2) is 23.1 Å². The molecule has 86 valence electrons. The summed E-state index contributed by atoms with van der Waals surface area (Å²) in [6.07, 6.45) is 3.29. The van der Waals surface area contributed by atoms with Crippen molar-refractivity contribution in [3.8, 4) is 0 Å². The average molecular weight is 256 g/mol. The quantitative estimate of drug-likeness (QED) is 0.664. The van der Waals surface area contributed by atoms with Crippen molar-refractivity contribution in [3.05, 3.63) is 29.3 Å². The van der Waals surface area contributed by atoms with Gasteiger partial charge in [-0.1, -0.05) is 12.1 Å². The van der Waals surface area contributed by atoms with Crippen molar-refractivity contribution in [2.24, 2.45) is 0 Å². The Morgan fingerprint density at radius 1 is 1.50 bits per heavy atom. The number of halogens is 1. The molecule has 1 heterocycles. The van der Waals surface area contributed by atoms with Crippen molar-refractivity contribution in [3.63, 3.8) is 0 Å². The van der Waals surface area contributed by atoms with E-state index in [9.17, 15) is 4.79 Å². The van der Waals surface area contributed by atoms with Crippen LogP contribution in [-0.4, -0.2) is 17.7 Å². The molecule has 2 rings (SSSR count). The monoisotopic (exact) mass is 255 g/mol. The van der Waals surface area contributed by atoms with E-state index in [1.165, 1.54) is 34.6 Å². The van der Waals surface area contributed by atoms with Crippen molar-refractivity contribution >= 4 is 28.7 Å². The number of amides is 1. The Morgan fingerprint density at radius 2 is 2.38 bits per heavy atom. The van der Waals surface area contributed by atoms with Crippen molar-refractivity contribution in [2.75, 3.05) is 12.3 Å². The molecular formula is C12H14ClNOS. The number of hydrogen-bond donors (Lipinski definition) is 1. The van der Waals surface area contributed by atoms with Crippen LogP contribution in [0.1, 0.15) is 17.5 Å². The number of thioether (sulfide) groups is 1. The van der Waals surface area contributed by atoms with Gasteiger partial charge in [0.25, 0.3) is 0 Å². The second-order valence-corrected chi connectivity index (χ2v) is 5.32. The third kappa shape index (κ3) is 3.16. The lowest BCUT2D eigenvalue weighted by Gasteiger charge is -2.16. The summed E-state index contributed by atoms with van der Waals surface area (Å²) in [4.78, 5) is 11.9. The van der Waals surface area contributed by atoms with Crippen molar-refractivity contribution < 1.29 is 4.79 Å². The fourth-order valence-electron chi connectivity index (χ4n) is 1.87. The third-order valence-electron chi connectivity index (χ3n) is 2.65. The van der Waals surface area contributed by atoms with Crippen LogP contribution in [-0.2, 0) is 12.8 Å². The van der Waals surface area contributed by atoms with Crippen LogP contribution in [0.2, 0.25) is 0 Å². The molecule has 1 aromatic rings. The van der Waals surface area contributed by atoms with Gasteiger partial charge in [-0.25, -0.2) is 0 Å². The van der Waals surface area contributed by atoms with Crippen LogP contribution < -0.4 is 5.32 Å². The molecule has 1 amide bonds. The molecule has 0 spiro atoms. The number of carbonyl (C=O) groups excluding carboxylic acids is 1. The maximum absolute atomic E-state index is 10.5. The molecule has 0 saturated carbocycles. The van der Waals surface area contributed by atoms with Crippen LogP contribution in [0.3, 0.4) is 0 Å². The third-order valence-corrected chi connectivity index (χ3v) is 3.99. The Kier molecular flexibility index (Phi) is 4.13. The Labute approximate surface area is 105 Å². The van der Waals surface area contributed by atoms with Gasteiger partial charge < -0.3 is 5.32 Å². The molecule has 1 aliphatic heterocycles. The number of carbonyl (C=O) groups is 1. The molecule has 0 saturated heterocycles. The first-order valence-electron chi connectivity index (χ1n) is 5.43. The zero-order chi connectivity index (χ0) is 11.4. The highest BCUT2D eigenvalue weighted by molar-refractivity contribution is 7.99. The van der Waals surface area contributed by atoms with Gasteiger partial charge in [-0.3, -0.25) is 4.79 Å². The predicted octanol–water partition coefficient (Wildman–Crippen LogP) is 3.22. The fraction of sp³-hybridized carbons (Fsp3) is 0.417. The van der Waals surface area contributed by atoms with E-state index in [0.717, 1.165) is 6.42 Å². The Morgan fingerprint density at radius 3 is 3.19 bits per heavy atom. The second kappa shape index (κ2) is 5.60. The molecule has 4 heteroatoms. The number of rotatable bonds is 3. The first kappa shape index (κ1) is 11.8. The molecule has 1 N–H and O–H groups in total. The van der Waals surface area contributed by atoms with Crippen molar-refractivity contribution in [1.82, 2.24) is 5.32 Å². The van der Waals surface area contributed by atoms with Crippen molar-refractivity contribution in [2.45, 2.75) is 24.2 Å². The summed E-state index contributed by atoms with van der Waals surface area (Å²) in [6, 6.07) is 6.58. The standard InChI is InChI=1S/C12H14ClNOS/c13-12(15)14-6-5-9-3-4-11-10(8-9)2-1-7-16-11/h3-4,8H,1-2,5-7H2,(H,14,15). The molecule has 0 aliphatic carbocycles. The van der Waals surface area contributed by atoms with E-state index >= 15 is 0 Å². The maximum Gasteiger partial charge on any atom is 0.313 e. The summed E-state index contributed by atoms with van der Waals surface area (Å²) in [7, 11) is 0. The molecule has 16 heavy (non-hydrogen) atoms. The van der Waals surface area contributed by atoms with Crippen LogP contribution in [0.25, 0.3) is 0 Å². The van der Waals surface area contributed by atoms with Gasteiger partial charge in [-0.15, -0.1) is 11.8 Å². The topological polar surface area (TPSA) is 29.1 Å². The van der Waals surface area contributed by atoms with Gasteiger partial charge in [0.05, 0.1) is 0 Å². The lowest BCUT2D eigenvalue weighted by molar-refractivity contribution is 0.260. The Bertz CT molecular complexity index is 395. The van der Waals surface area contributed by atoms with Crippen LogP contribution in [0, 0.1) is 0 Å². The summed E-state index contributed by atoms with van der Waals surface area (Å²) in [6.45, 7) is 0.605. The number of hydrogen-bond acceptors (Lipinski definition) is 2. The van der Waals surface area contributed by atoms with E-state index in [0.29, 0.717) is 6.54 Å². The van der Waals surface area contributed by atoms with E-state index in [2.05, 4.69) is 23.5 Å². The van der Waals surface area contributed by atoms with E-state index in [-0.39, 0.29) is 0 Å². The molecule has 0 fully saturated rings. The molecule has 0 atom stereocenters. The molecular weight excluding hydrogens is 242 g/mol. The Balaban J connectivity index is 1.97. The minimum absolute atomic E-state index is 0.478. The van der Waals surface area contributed by atoms with E-state index < -0.39 is 5.37 Å². The van der Waals surface area contributed by atoms with Gasteiger partial charge in [-0.05, 0) is 53.8 Å². The van der Waals surface area contributed by atoms with Gasteiger partial charge in [0.15, 0.2) is 0 Å². The van der Waals surface area contributed by atoms with Gasteiger partial charge in [0.1, 0.15) is 0 Å². The van der Waals surface area contributed by atoms with Crippen LogP contribution >= 0.6 is 23.4 Å². The predicted molar refractivity (Wildman–Crippen MR) is 68.4 cm³/mol. The van der Waals surface area contributed by atoms with E-state index in [4.69, 9.17) is 11.6 Å². The largest absolute Gasteiger partial charge is 0.342 e. The molecule has 0 radical (unpaired) electrons. The Hall–Kier alpha value is -0.670. The SMILES string of the molecule is O=C(Cl)NCCc1ccc2c(c1)CCCS2. The van der Waals surface area contributed by atoms with Gasteiger partial charge in [0, 0.05) is 11.4 Å². The highest BCUT2D eigenvalue weighted by Gasteiger charge is 2.09. The number of nitrogens with one attached hydrogen (secondary N) is 1. The van der Waals surface area contributed by atoms with E-state index in [1.807, 2.05) is 11.8 Å². The second-order valence-electron chi connectivity index (χ2n) is 3.84.